The Kier molecular flexibility index (Phi) is 9.29. The number of nitrogens with one attached hydrogen (secondary N) is 1. The van der Waals surface area contributed by atoms with Crippen LogP contribution in [0.15, 0.2) is 104 Å². The Morgan fingerprint density at radius 3 is 2.37 bits per heavy atom. The van der Waals surface area contributed by atoms with Crippen LogP contribution >= 0.6 is 23.2 Å². The number of allylic oxidation sites excluding steroid dienone is 1. The van der Waals surface area contributed by atoms with E-state index in [0.29, 0.717) is 34.4 Å². The highest BCUT2D eigenvalue weighted by Gasteiger charge is 2.40. The van der Waals surface area contributed by atoms with E-state index in [0.717, 1.165) is 46.3 Å². The summed E-state index contributed by atoms with van der Waals surface area (Å²) in [5.74, 6) is -2.17. The van der Waals surface area contributed by atoms with Crippen LogP contribution in [0.5, 0.6) is 0 Å². The Balaban J connectivity index is 1.39. The number of hydrogen-bond acceptors (Lipinski definition) is 3. The van der Waals surface area contributed by atoms with Crippen molar-refractivity contribution in [2.45, 2.75) is 38.3 Å². The minimum absolute atomic E-state index is 0.251. The molecule has 3 unspecified atom stereocenters. The number of carbonyl (C=O) groups is 3. The summed E-state index contributed by atoms with van der Waals surface area (Å²) in [6.45, 7) is 4.03. The average Bonchev–Trinajstić information content (AvgIpc) is 3.88. The Bertz CT molecular complexity index is 1820. The van der Waals surface area contributed by atoms with Crippen molar-refractivity contribution in [1.82, 2.24) is 5.32 Å². The molecule has 1 aliphatic heterocycles. The molecule has 0 bridgehead atoms. The van der Waals surface area contributed by atoms with Crippen molar-refractivity contribution in [2.24, 2.45) is 23.5 Å². The third-order valence-corrected chi connectivity index (χ3v) is 9.51. The summed E-state index contributed by atoms with van der Waals surface area (Å²) in [4.78, 5) is 43.1. The van der Waals surface area contributed by atoms with E-state index >= 15 is 0 Å². The van der Waals surface area contributed by atoms with Crippen molar-refractivity contribution in [3.05, 3.63) is 125 Å². The first-order chi connectivity index (χ1) is 22.2. The van der Waals surface area contributed by atoms with E-state index in [9.17, 15) is 14.4 Å². The maximum atomic E-state index is 14.7. The molecular weight excluding hydrogens is 617 g/mol. The molecule has 3 atom stereocenters. The van der Waals surface area contributed by atoms with E-state index in [1.54, 1.807) is 23.1 Å². The summed E-state index contributed by atoms with van der Waals surface area (Å²) >= 11 is 12.7. The van der Waals surface area contributed by atoms with Gasteiger partial charge in [-0.1, -0.05) is 109 Å². The van der Waals surface area contributed by atoms with E-state index in [-0.39, 0.29) is 18.4 Å². The number of fused-ring (bicyclic) bond motifs is 3. The van der Waals surface area contributed by atoms with Gasteiger partial charge in [-0.2, -0.15) is 0 Å². The van der Waals surface area contributed by atoms with Crippen LogP contribution < -0.4 is 16.0 Å². The third-order valence-electron chi connectivity index (χ3n) is 8.96. The number of nitrogens with zero attached hydrogens (tertiary/aromatic N) is 1. The number of halogens is 2. The molecule has 0 spiro atoms. The largest absolute Gasteiger partial charge is 0.369 e. The first kappa shape index (κ1) is 31.6. The molecule has 8 heteroatoms. The molecule has 1 fully saturated rings. The van der Waals surface area contributed by atoms with E-state index in [1.165, 1.54) is 0 Å². The van der Waals surface area contributed by atoms with Gasteiger partial charge in [-0.05, 0) is 65.3 Å². The van der Waals surface area contributed by atoms with Gasteiger partial charge in [-0.3, -0.25) is 14.4 Å². The van der Waals surface area contributed by atoms with Crippen LogP contribution in [0, 0.1) is 17.8 Å². The lowest BCUT2D eigenvalue weighted by Crippen LogP contribution is -2.46. The minimum atomic E-state index is -0.982. The van der Waals surface area contributed by atoms with Gasteiger partial charge in [0.15, 0.2) is 0 Å². The van der Waals surface area contributed by atoms with Crippen LogP contribution in [0.2, 0.25) is 10.0 Å². The van der Waals surface area contributed by atoms with Crippen LogP contribution in [0.4, 0.5) is 5.69 Å². The second-order valence-electron chi connectivity index (χ2n) is 12.1. The summed E-state index contributed by atoms with van der Waals surface area (Å²) in [6.07, 6.45) is 4.48. The van der Waals surface area contributed by atoms with Crippen LogP contribution in [-0.4, -0.2) is 17.7 Å². The molecule has 0 radical (unpaired) electrons. The molecule has 6 rings (SSSR count). The lowest BCUT2D eigenvalue weighted by atomic mass is 9.83. The van der Waals surface area contributed by atoms with Gasteiger partial charge in [0.1, 0.15) is 6.04 Å². The normalized spacial score (nSPS) is 16.9. The monoisotopic (exact) mass is 651 g/mol. The molecule has 1 aliphatic carbocycles. The molecule has 2 aliphatic rings. The number of primary amides is 1. The smallest absolute Gasteiger partial charge is 0.254 e. The molecule has 0 saturated heterocycles. The zero-order valence-corrected chi connectivity index (χ0v) is 26.8. The molecule has 3 N–H and O–H groups in total. The first-order valence-electron chi connectivity index (χ1n) is 15.5. The average molecular weight is 653 g/mol. The molecule has 6 nitrogen and oxygen atoms in total. The van der Waals surface area contributed by atoms with Crippen molar-refractivity contribution >= 4 is 46.6 Å². The fraction of sp³-hybridized carbons (Fsp3) is 0.237. The van der Waals surface area contributed by atoms with Crippen molar-refractivity contribution in [3.63, 3.8) is 0 Å². The van der Waals surface area contributed by atoms with Gasteiger partial charge in [-0.15, -0.1) is 6.58 Å². The maximum absolute atomic E-state index is 14.7. The highest BCUT2D eigenvalue weighted by atomic mass is 35.5. The van der Waals surface area contributed by atoms with Crippen molar-refractivity contribution in [3.8, 4) is 22.3 Å². The molecule has 3 amide bonds. The van der Waals surface area contributed by atoms with Gasteiger partial charge in [0.05, 0.1) is 24.1 Å². The van der Waals surface area contributed by atoms with Crippen molar-refractivity contribution < 1.29 is 14.4 Å². The number of carbonyl (C=O) groups excluding carboxylic acids is 3. The summed E-state index contributed by atoms with van der Waals surface area (Å²) in [6, 6.07) is 27.7. The second-order valence-corrected chi connectivity index (χ2v) is 13.0. The predicted molar refractivity (Wildman–Crippen MR) is 184 cm³/mol. The molecule has 1 saturated carbocycles. The molecule has 4 aromatic rings. The molecule has 1 heterocycles. The Labute approximate surface area is 279 Å². The Hall–Kier alpha value is -4.39. The number of amides is 3. The Morgan fingerprint density at radius 2 is 1.65 bits per heavy atom. The van der Waals surface area contributed by atoms with Crippen LogP contribution in [0.25, 0.3) is 22.3 Å². The molecule has 234 valence electrons. The van der Waals surface area contributed by atoms with Crippen LogP contribution in [-0.2, 0) is 20.9 Å². The fourth-order valence-electron chi connectivity index (χ4n) is 6.46. The summed E-state index contributed by atoms with van der Waals surface area (Å²) in [7, 11) is 0. The summed E-state index contributed by atoms with van der Waals surface area (Å²) < 4.78 is 0. The van der Waals surface area contributed by atoms with Crippen molar-refractivity contribution in [1.29, 1.82) is 0 Å². The van der Waals surface area contributed by atoms with E-state index in [2.05, 4.69) is 11.9 Å². The standard InChI is InChI=1S/C38H35Cl2N3O3/c1-2-8-31(36(41)44)32(20-23-15-16-23)37(45)42-35-30-13-4-3-11-28(30)29-12-5-6-14-34(29)43(38(35)46)22-24-9-7-10-25(19-24)27-18-17-26(39)21-33(27)40/h2-7,9-14,17-19,21,23,31-32,35H,1,8,15-16,20,22H2,(H2,41,44)(H,42,45). The van der Waals surface area contributed by atoms with E-state index in [4.69, 9.17) is 28.9 Å². The van der Waals surface area contributed by atoms with E-state index < -0.39 is 23.8 Å². The summed E-state index contributed by atoms with van der Waals surface area (Å²) in [5, 5.41) is 4.17. The quantitative estimate of drug-likeness (QED) is 0.160. The minimum Gasteiger partial charge on any atom is -0.369 e. The van der Waals surface area contributed by atoms with Gasteiger partial charge in [0.25, 0.3) is 5.91 Å². The highest BCUT2D eigenvalue weighted by Crippen LogP contribution is 2.42. The predicted octanol–water partition coefficient (Wildman–Crippen LogP) is 8.13. The maximum Gasteiger partial charge on any atom is 0.254 e. The van der Waals surface area contributed by atoms with Gasteiger partial charge >= 0.3 is 0 Å². The van der Waals surface area contributed by atoms with Gasteiger partial charge in [-0.25, -0.2) is 0 Å². The van der Waals surface area contributed by atoms with Gasteiger partial charge < -0.3 is 16.0 Å². The summed E-state index contributed by atoms with van der Waals surface area (Å²) in [5.41, 5.74) is 11.6. The fourth-order valence-corrected chi connectivity index (χ4v) is 6.98. The van der Waals surface area contributed by atoms with Gasteiger partial charge in [0, 0.05) is 21.2 Å². The van der Waals surface area contributed by atoms with Crippen LogP contribution in [0.3, 0.4) is 0 Å². The SMILES string of the molecule is C=CCC(C(N)=O)C(CC1CC1)C(=O)NC1C(=O)N(Cc2cccc(-c3ccc(Cl)cc3Cl)c2)c2ccccc2-c2ccccc21. The van der Waals surface area contributed by atoms with E-state index in [1.807, 2.05) is 78.9 Å². The number of nitrogens with two attached hydrogens (primary N) is 1. The topological polar surface area (TPSA) is 92.5 Å². The number of benzene rings is 4. The molecule has 0 aromatic heterocycles. The zero-order valence-electron chi connectivity index (χ0n) is 25.3. The lowest BCUT2D eigenvalue weighted by Gasteiger charge is -2.29. The highest BCUT2D eigenvalue weighted by molar-refractivity contribution is 6.36. The van der Waals surface area contributed by atoms with Crippen LogP contribution in [0.1, 0.15) is 42.9 Å². The zero-order chi connectivity index (χ0) is 32.4. The number of para-hydroxylation sites is 1. The Morgan fingerprint density at radius 1 is 0.913 bits per heavy atom. The number of rotatable bonds is 11. The lowest BCUT2D eigenvalue weighted by molar-refractivity contribution is -0.135. The molecule has 4 aromatic carbocycles. The second kappa shape index (κ2) is 13.5. The van der Waals surface area contributed by atoms with Crippen molar-refractivity contribution in [2.75, 3.05) is 4.90 Å². The molecular formula is C38H35Cl2N3O3. The third kappa shape index (κ3) is 6.60. The molecule has 46 heavy (non-hydrogen) atoms. The first-order valence-corrected chi connectivity index (χ1v) is 16.3. The number of anilines is 1. The number of hydrogen-bond donors (Lipinski definition) is 2. The van der Waals surface area contributed by atoms with Gasteiger partial charge in [0.2, 0.25) is 11.8 Å².